The number of fused-ring (bicyclic) bond motifs is 1. The van der Waals surface area contributed by atoms with Gasteiger partial charge < -0.3 is 24.6 Å². The fraction of sp³-hybridized carbons (Fsp3) is 0.583. The number of hydrogen-bond acceptors (Lipinski definition) is 4. The molecule has 1 aromatic rings. The highest BCUT2D eigenvalue weighted by molar-refractivity contribution is 5.83. The molecule has 1 aromatic heterocycles. The third kappa shape index (κ3) is 2.11. The first-order valence-electron chi connectivity index (χ1n) is 6.52. The molecule has 1 saturated heterocycles. The molecule has 20 heavy (non-hydrogen) atoms. The number of urea groups is 1. The molecule has 3 heterocycles. The SMILES string of the molecule is O=C(O)[C@@H]1CC(O)CN1C(=O)N1CCn2ccnc2C1. The normalized spacial score (nSPS) is 25.6. The number of imidazole rings is 1. The molecule has 0 aliphatic carbocycles. The number of nitrogens with zero attached hydrogens (tertiary/aromatic N) is 4. The second-order valence-electron chi connectivity index (χ2n) is 5.14. The number of amides is 2. The largest absolute Gasteiger partial charge is 0.480 e. The number of aliphatic hydroxyl groups excluding tert-OH is 1. The van der Waals surface area contributed by atoms with Gasteiger partial charge in [0.05, 0.1) is 12.6 Å². The predicted molar refractivity (Wildman–Crippen MR) is 66.8 cm³/mol. The van der Waals surface area contributed by atoms with Crippen LogP contribution in [-0.4, -0.2) is 66.8 Å². The van der Waals surface area contributed by atoms with Gasteiger partial charge in [-0.3, -0.25) is 0 Å². The summed E-state index contributed by atoms with van der Waals surface area (Å²) in [6.07, 6.45) is 2.86. The number of hydrogen-bond donors (Lipinski definition) is 2. The maximum absolute atomic E-state index is 12.4. The number of β-amino-alcohol motifs (C(OH)–C–C–N with tert-alkyl or cyclic N) is 1. The summed E-state index contributed by atoms with van der Waals surface area (Å²) in [6.45, 7) is 1.60. The van der Waals surface area contributed by atoms with Crippen LogP contribution in [0.3, 0.4) is 0 Å². The molecule has 0 saturated carbocycles. The molecule has 8 nitrogen and oxygen atoms in total. The van der Waals surface area contributed by atoms with Crippen molar-refractivity contribution in [3.63, 3.8) is 0 Å². The van der Waals surface area contributed by atoms with Gasteiger partial charge in [-0.1, -0.05) is 0 Å². The molecule has 1 unspecified atom stereocenters. The second kappa shape index (κ2) is 4.78. The van der Waals surface area contributed by atoms with Crippen molar-refractivity contribution >= 4 is 12.0 Å². The smallest absolute Gasteiger partial charge is 0.326 e. The van der Waals surface area contributed by atoms with Crippen molar-refractivity contribution in [2.45, 2.75) is 31.7 Å². The van der Waals surface area contributed by atoms with E-state index >= 15 is 0 Å². The highest BCUT2D eigenvalue weighted by atomic mass is 16.4. The number of carbonyl (C=O) groups is 2. The van der Waals surface area contributed by atoms with E-state index in [1.807, 2.05) is 10.8 Å². The van der Waals surface area contributed by atoms with E-state index in [1.54, 1.807) is 11.1 Å². The first-order valence-corrected chi connectivity index (χ1v) is 6.52. The van der Waals surface area contributed by atoms with E-state index < -0.39 is 18.1 Å². The van der Waals surface area contributed by atoms with Crippen molar-refractivity contribution < 1.29 is 19.8 Å². The van der Waals surface area contributed by atoms with Crippen molar-refractivity contribution in [1.82, 2.24) is 19.4 Å². The number of aliphatic carboxylic acids is 1. The van der Waals surface area contributed by atoms with Gasteiger partial charge in [0.1, 0.15) is 11.9 Å². The summed E-state index contributed by atoms with van der Waals surface area (Å²) in [5, 5.41) is 18.7. The van der Waals surface area contributed by atoms with Crippen LogP contribution in [0.4, 0.5) is 4.79 Å². The van der Waals surface area contributed by atoms with Gasteiger partial charge >= 0.3 is 12.0 Å². The summed E-state index contributed by atoms with van der Waals surface area (Å²) < 4.78 is 1.97. The average molecular weight is 280 g/mol. The molecule has 2 N–H and O–H groups in total. The van der Waals surface area contributed by atoms with E-state index in [-0.39, 0.29) is 19.0 Å². The Kier molecular flexibility index (Phi) is 3.09. The number of aliphatic hydroxyl groups is 1. The zero-order chi connectivity index (χ0) is 14.3. The van der Waals surface area contributed by atoms with Crippen LogP contribution in [0.1, 0.15) is 12.2 Å². The minimum absolute atomic E-state index is 0.0702. The number of rotatable bonds is 1. The Labute approximate surface area is 115 Å². The number of aromatic nitrogens is 2. The van der Waals surface area contributed by atoms with Gasteiger partial charge in [-0.05, 0) is 0 Å². The van der Waals surface area contributed by atoms with E-state index in [0.717, 1.165) is 5.82 Å². The Morgan fingerprint density at radius 1 is 1.35 bits per heavy atom. The highest BCUT2D eigenvalue weighted by Gasteiger charge is 2.41. The van der Waals surface area contributed by atoms with Gasteiger partial charge in [0.15, 0.2) is 0 Å². The van der Waals surface area contributed by atoms with Crippen LogP contribution in [0.2, 0.25) is 0 Å². The first-order chi connectivity index (χ1) is 9.56. The number of carboxylic acids is 1. The van der Waals surface area contributed by atoms with E-state index in [2.05, 4.69) is 4.98 Å². The lowest BCUT2D eigenvalue weighted by atomic mass is 10.2. The summed E-state index contributed by atoms with van der Waals surface area (Å²) in [6, 6.07) is -1.29. The Morgan fingerprint density at radius 3 is 2.90 bits per heavy atom. The Hall–Kier alpha value is -2.09. The molecule has 0 radical (unpaired) electrons. The monoisotopic (exact) mass is 280 g/mol. The highest BCUT2D eigenvalue weighted by Crippen LogP contribution is 2.22. The fourth-order valence-electron chi connectivity index (χ4n) is 2.78. The third-order valence-corrected chi connectivity index (χ3v) is 3.83. The van der Waals surface area contributed by atoms with Gasteiger partial charge in [-0.2, -0.15) is 0 Å². The zero-order valence-corrected chi connectivity index (χ0v) is 10.8. The molecule has 2 atom stereocenters. The standard InChI is InChI=1S/C12H16N4O4/c17-8-5-9(11(18)19)16(6-8)12(20)15-4-3-14-2-1-13-10(14)7-15/h1-2,8-9,17H,3-7H2,(H,18,19)/t8?,9-/m0/s1. The van der Waals surface area contributed by atoms with Crippen LogP contribution < -0.4 is 0 Å². The van der Waals surface area contributed by atoms with Gasteiger partial charge in [0.25, 0.3) is 0 Å². The molecule has 0 spiro atoms. The third-order valence-electron chi connectivity index (χ3n) is 3.83. The second-order valence-corrected chi connectivity index (χ2v) is 5.14. The summed E-state index contributed by atoms with van der Waals surface area (Å²) in [5.74, 6) is -0.287. The maximum Gasteiger partial charge on any atom is 0.326 e. The van der Waals surface area contributed by atoms with E-state index in [9.17, 15) is 14.7 Å². The topological polar surface area (TPSA) is 98.9 Å². The van der Waals surface area contributed by atoms with E-state index in [4.69, 9.17) is 5.11 Å². The van der Waals surface area contributed by atoms with E-state index in [1.165, 1.54) is 4.90 Å². The minimum atomic E-state index is -1.08. The average Bonchev–Trinajstić information content (AvgIpc) is 3.02. The van der Waals surface area contributed by atoms with Crippen molar-refractivity contribution in [2.75, 3.05) is 13.1 Å². The maximum atomic E-state index is 12.4. The van der Waals surface area contributed by atoms with Crippen molar-refractivity contribution in [2.24, 2.45) is 0 Å². The Bertz CT molecular complexity index is 543. The lowest BCUT2D eigenvalue weighted by Gasteiger charge is -2.32. The molecule has 1 fully saturated rings. The molecule has 0 bridgehead atoms. The first kappa shape index (κ1) is 12.9. The Balaban J connectivity index is 1.74. The number of likely N-dealkylation sites (tertiary alicyclic amines) is 1. The van der Waals surface area contributed by atoms with E-state index in [0.29, 0.717) is 19.6 Å². The van der Waals surface area contributed by atoms with Crippen LogP contribution in [0.5, 0.6) is 0 Å². The molecule has 8 heteroatoms. The van der Waals surface area contributed by atoms with Crippen LogP contribution >= 0.6 is 0 Å². The van der Waals surface area contributed by atoms with Gasteiger partial charge in [-0.25, -0.2) is 14.6 Å². The van der Waals surface area contributed by atoms with Crippen LogP contribution in [0.25, 0.3) is 0 Å². The number of carbonyl (C=O) groups excluding carboxylic acids is 1. The molecule has 3 rings (SSSR count). The summed E-state index contributed by atoms with van der Waals surface area (Å²) in [4.78, 5) is 30.6. The lowest BCUT2D eigenvalue weighted by molar-refractivity contribution is -0.141. The van der Waals surface area contributed by atoms with Gasteiger partial charge in [-0.15, -0.1) is 0 Å². The summed E-state index contributed by atoms with van der Waals surface area (Å²) in [5.41, 5.74) is 0. The molecular formula is C12H16N4O4. The van der Waals surface area contributed by atoms with Crippen molar-refractivity contribution in [1.29, 1.82) is 0 Å². The quantitative estimate of drug-likeness (QED) is 0.711. The molecular weight excluding hydrogens is 264 g/mol. The van der Waals surface area contributed by atoms with Crippen LogP contribution in [0.15, 0.2) is 12.4 Å². The molecule has 2 amide bonds. The van der Waals surface area contributed by atoms with Gasteiger partial charge in [0, 0.05) is 38.4 Å². The van der Waals surface area contributed by atoms with Crippen molar-refractivity contribution in [3.8, 4) is 0 Å². The Morgan fingerprint density at radius 2 is 2.15 bits per heavy atom. The van der Waals surface area contributed by atoms with Crippen molar-refractivity contribution in [3.05, 3.63) is 18.2 Å². The summed E-state index contributed by atoms with van der Waals surface area (Å²) in [7, 11) is 0. The molecule has 108 valence electrons. The van der Waals surface area contributed by atoms with Gasteiger partial charge in [0.2, 0.25) is 0 Å². The molecule has 2 aliphatic heterocycles. The minimum Gasteiger partial charge on any atom is -0.480 e. The summed E-state index contributed by atoms with van der Waals surface area (Å²) >= 11 is 0. The van der Waals surface area contributed by atoms with Crippen LogP contribution in [-0.2, 0) is 17.9 Å². The lowest BCUT2D eigenvalue weighted by Crippen LogP contribution is -2.50. The molecule has 2 aliphatic rings. The van der Waals surface area contributed by atoms with Crippen LogP contribution in [0, 0.1) is 0 Å². The predicted octanol–water partition coefficient (Wildman–Crippen LogP) is -0.661. The fourth-order valence-corrected chi connectivity index (χ4v) is 2.78. The molecule has 0 aromatic carbocycles. The number of carboxylic acid groups (broad SMARTS) is 1. The zero-order valence-electron chi connectivity index (χ0n) is 10.8.